The van der Waals surface area contributed by atoms with E-state index in [0.717, 1.165) is 44.6 Å². The molecule has 0 aliphatic heterocycles. The van der Waals surface area contributed by atoms with Crippen LogP contribution in [0.4, 0.5) is 0 Å². The van der Waals surface area contributed by atoms with Crippen LogP contribution in [-0.2, 0) is 0 Å². The van der Waals surface area contributed by atoms with E-state index in [9.17, 15) is 0 Å². The predicted molar refractivity (Wildman–Crippen MR) is 79.1 cm³/mol. The van der Waals surface area contributed by atoms with Gasteiger partial charge < -0.3 is 10.6 Å². The van der Waals surface area contributed by atoms with Gasteiger partial charge in [-0.15, -0.1) is 0 Å². The third kappa shape index (κ3) is 5.71. The normalized spacial score (nSPS) is 16.4. The molecule has 0 aromatic heterocycles. The highest BCUT2D eigenvalue weighted by molar-refractivity contribution is 5.79. The average molecular weight is 254 g/mol. The zero-order chi connectivity index (χ0) is 13.4. The second kappa shape index (κ2) is 8.35. The molecule has 1 saturated carbocycles. The minimum atomic E-state index is 0.648. The van der Waals surface area contributed by atoms with Gasteiger partial charge in [-0.2, -0.15) is 0 Å². The molecular formula is C14H30N4. The van der Waals surface area contributed by atoms with Crippen molar-refractivity contribution in [3.05, 3.63) is 0 Å². The molecule has 0 radical (unpaired) electrons. The zero-order valence-corrected chi connectivity index (χ0v) is 12.5. The minimum Gasteiger partial charge on any atom is -0.357 e. The van der Waals surface area contributed by atoms with Crippen molar-refractivity contribution in [2.45, 2.75) is 59.0 Å². The fraction of sp³-hybridized carbons (Fsp3) is 0.929. The highest BCUT2D eigenvalue weighted by Gasteiger charge is 2.29. The van der Waals surface area contributed by atoms with E-state index in [1.807, 2.05) is 0 Å². The quantitative estimate of drug-likeness (QED) is 0.513. The van der Waals surface area contributed by atoms with Crippen molar-refractivity contribution in [1.82, 2.24) is 15.5 Å². The summed E-state index contributed by atoms with van der Waals surface area (Å²) in [6.07, 6.45) is 3.85. The van der Waals surface area contributed by atoms with Gasteiger partial charge in [-0.3, -0.25) is 9.89 Å². The van der Waals surface area contributed by atoms with Gasteiger partial charge in [0.1, 0.15) is 0 Å². The molecule has 4 nitrogen and oxygen atoms in total. The Labute approximate surface area is 112 Å². The molecule has 18 heavy (non-hydrogen) atoms. The van der Waals surface area contributed by atoms with Crippen LogP contribution in [0.2, 0.25) is 0 Å². The molecule has 2 N–H and O–H groups in total. The van der Waals surface area contributed by atoms with E-state index < -0.39 is 0 Å². The topological polar surface area (TPSA) is 39.7 Å². The Balaban J connectivity index is 2.28. The number of guanidine groups is 1. The molecule has 0 heterocycles. The lowest BCUT2D eigenvalue weighted by Crippen LogP contribution is -2.43. The summed E-state index contributed by atoms with van der Waals surface area (Å²) in [5.41, 5.74) is 0. The van der Waals surface area contributed by atoms with Gasteiger partial charge in [0, 0.05) is 38.3 Å². The Morgan fingerprint density at radius 2 is 2.00 bits per heavy atom. The second-order valence-electron chi connectivity index (χ2n) is 5.25. The molecule has 1 aliphatic rings. The van der Waals surface area contributed by atoms with Crippen LogP contribution in [0.15, 0.2) is 4.99 Å². The summed E-state index contributed by atoms with van der Waals surface area (Å²) in [6.45, 7) is 12.7. The number of hydrogen-bond acceptors (Lipinski definition) is 2. The van der Waals surface area contributed by atoms with Gasteiger partial charge in [-0.05, 0) is 40.0 Å². The first-order valence-corrected chi connectivity index (χ1v) is 7.46. The average Bonchev–Trinajstić information content (AvgIpc) is 3.15. The number of aliphatic imine (C=N–C) groups is 1. The fourth-order valence-electron chi connectivity index (χ4n) is 2.14. The van der Waals surface area contributed by atoms with Gasteiger partial charge in [0.2, 0.25) is 0 Å². The molecule has 0 aromatic carbocycles. The number of nitrogens with one attached hydrogen (secondary N) is 2. The van der Waals surface area contributed by atoms with Crippen molar-refractivity contribution in [3.63, 3.8) is 0 Å². The molecule has 0 spiro atoms. The largest absolute Gasteiger partial charge is 0.357 e. The van der Waals surface area contributed by atoms with Crippen LogP contribution in [0.3, 0.4) is 0 Å². The maximum Gasteiger partial charge on any atom is 0.191 e. The van der Waals surface area contributed by atoms with Crippen LogP contribution in [0, 0.1) is 0 Å². The van der Waals surface area contributed by atoms with Crippen LogP contribution >= 0.6 is 0 Å². The molecule has 0 aromatic rings. The molecule has 1 rings (SSSR count). The molecule has 0 unspecified atom stereocenters. The molecular weight excluding hydrogens is 224 g/mol. The van der Waals surface area contributed by atoms with Gasteiger partial charge in [-0.25, -0.2) is 0 Å². The molecule has 0 bridgehead atoms. The van der Waals surface area contributed by atoms with Crippen molar-refractivity contribution < 1.29 is 0 Å². The summed E-state index contributed by atoms with van der Waals surface area (Å²) in [5.74, 6) is 0.957. The smallest absolute Gasteiger partial charge is 0.191 e. The van der Waals surface area contributed by atoms with Crippen LogP contribution in [-0.4, -0.2) is 49.1 Å². The monoisotopic (exact) mass is 254 g/mol. The van der Waals surface area contributed by atoms with E-state index in [-0.39, 0.29) is 0 Å². The van der Waals surface area contributed by atoms with E-state index in [0.29, 0.717) is 6.04 Å². The van der Waals surface area contributed by atoms with Crippen molar-refractivity contribution >= 4 is 5.96 Å². The molecule has 1 aliphatic carbocycles. The Bertz CT molecular complexity index is 244. The lowest BCUT2D eigenvalue weighted by atomic mass is 10.3. The third-order valence-corrected chi connectivity index (χ3v) is 3.18. The van der Waals surface area contributed by atoms with E-state index in [1.54, 1.807) is 0 Å². The zero-order valence-electron chi connectivity index (χ0n) is 12.5. The molecule has 0 saturated heterocycles. The number of hydrogen-bond donors (Lipinski definition) is 2. The molecule has 1 fully saturated rings. The standard InChI is InChI=1S/C14H30N4/c1-5-9-16-14(15-6-2)17-10-11-18(12(3)4)13-7-8-13/h12-13H,5-11H2,1-4H3,(H2,15,16,17). The van der Waals surface area contributed by atoms with Crippen molar-refractivity contribution in [1.29, 1.82) is 0 Å². The lowest BCUT2D eigenvalue weighted by molar-refractivity contribution is 0.215. The fourth-order valence-corrected chi connectivity index (χ4v) is 2.14. The van der Waals surface area contributed by atoms with Crippen LogP contribution in [0.5, 0.6) is 0 Å². The SMILES string of the molecule is CCCN=C(NCC)NCCN(C(C)C)C1CC1. The van der Waals surface area contributed by atoms with Crippen LogP contribution in [0.1, 0.15) is 47.0 Å². The van der Waals surface area contributed by atoms with E-state index in [4.69, 9.17) is 0 Å². The van der Waals surface area contributed by atoms with E-state index in [2.05, 4.69) is 48.2 Å². The van der Waals surface area contributed by atoms with Crippen LogP contribution in [0.25, 0.3) is 0 Å². The molecule has 106 valence electrons. The Kier molecular flexibility index (Phi) is 7.09. The number of nitrogens with zero attached hydrogens (tertiary/aromatic N) is 2. The van der Waals surface area contributed by atoms with Gasteiger partial charge in [0.05, 0.1) is 0 Å². The van der Waals surface area contributed by atoms with Crippen molar-refractivity contribution in [2.24, 2.45) is 4.99 Å². The van der Waals surface area contributed by atoms with Crippen molar-refractivity contribution in [2.75, 3.05) is 26.2 Å². The first-order valence-electron chi connectivity index (χ1n) is 7.46. The second-order valence-corrected chi connectivity index (χ2v) is 5.25. The van der Waals surface area contributed by atoms with Gasteiger partial charge in [0.15, 0.2) is 5.96 Å². The Morgan fingerprint density at radius 1 is 1.28 bits per heavy atom. The maximum absolute atomic E-state index is 4.51. The van der Waals surface area contributed by atoms with Gasteiger partial charge in [0.25, 0.3) is 0 Å². The third-order valence-electron chi connectivity index (χ3n) is 3.18. The molecule has 0 atom stereocenters. The lowest BCUT2D eigenvalue weighted by Gasteiger charge is -2.26. The summed E-state index contributed by atoms with van der Waals surface area (Å²) >= 11 is 0. The van der Waals surface area contributed by atoms with Gasteiger partial charge in [-0.1, -0.05) is 6.92 Å². The van der Waals surface area contributed by atoms with E-state index >= 15 is 0 Å². The summed E-state index contributed by atoms with van der Waals surface area (Å²) in [5, 5.41) is 6.71. The predicted octanol–water partition coefficient (Wildman–Crippen LogP) is 1.82. The minimum absolute atomic E-state index is 0.648. The van der Waals surface area contributed by atoms with Gasteiger partial charge >= 0.3 is 0 Å². The highest BCUT2D eigenvalue weighted by Crippen LogP contribution is 2.27. The maximum atomic E-state index is 4.51. The summed E-state index contributed by atoms with van der Waals surface area (Å²) in [7, 11) is 0. The number of rotatable bonds is 8. The molecule has 0 amide bonds. The molecule has 4 heteroatoms. The highest BCUT2D eigenvalue weighted by atomic mass is 15.2. The Hall–Kier alpha value is -0.770. The first kappa shape index (κ1) is 15.3. The Morgan fingerprint density at radius 3 is 2.50 bits per heavy atom. The first-order chi connectivity index (χ1) is 8.69. The van der Waals surface area contributed by atoms with Crippen molar-refractivity contribution in [3.8, 4) is 0 Å². The summed E-state index contributed by atoms with van der Waals surface area (Å²) in [4.78, 5) is 7.10. The van der Waals surface area contributed by atoms with E-state index in [1.165, 1.54) is 12.8 Å². The summed E-state index contributed by atoms with van der Waals surface area (Å²) in [6, 6.07) is 1.48. The summed E-state index contributed by atoms with van der Waals surface area (Å²) < 4.78 is 0. The van der Waals surface area contributed by atoms with Crippen LogP contribution < -0.4 is 10.6 Å².